The second kappa shape index (κ2) is 4.49. The first-order chi connectivity index (χ1) is 8.71. The quantitative estimate of drug-likeness (QED) is 0.849. The molecule has 1 aromatic heterocycles. The van der Waals surface area contributed by atoms with Crippen molar-refractivity contribution in [1.29, 1.82) is 0 Å². The van der Waals surface area contributed by atoms with Crippen molar-refractivity contribution in [1.82, 2.24) is 15.1 Å². The summed E-state index contributed by atoms with van der Waals surface area (Å²) in [6.07, 6.45) is -6.00. The van der Waals surface area contributed by atoms with Crippen LogP contribution < -0.4 is 4.90 Å². The maximum atomic E-state index is 12.7. The Morgan fingerprint density at radius 1 is 1.47 bits per heavy atom. The average Bonchev–Trinajstić information content (AvgIpc) is 2.53. The van der Waals surface area contributed by atoms with Crippen molar-refractivity contribution in [3.63, 3.8) is 0 Å². The number of β-amino-alcohol motifs (C(OH)–C–C–N with tert-alkyl or cyclic N) is 1. The number of aromatic nitrogens is 2. The summed E-state index contributed by atoms with van der Waals surface area (Å²) in [7, 11) is 1.40. The SMILES string of the molecule is CN1CC(O)N(c2cc(C(F)(F)F)c(Cl)nn2)C1=O. The molecule has 1 aliphatic heterocycles. The molecule has 6 nitrogen and oxygen atoms in total. The fourth-order valence-electron chi connectivity index (χ4n) is 1.65. The molecule has 0 saturated carbocycles. The summed E-state index contributed by atoms with van der Waals surface area (Å²) in [6.45, 7) is -0.0372. The average molecular weight is 297 g/mol. The Hall–Kier alpha value is -1.61. The van der Waals surface area contributed by atoms with Gasteiger partial charge in [0.1, 0.15) is 0 Å². The van der Waals surface area contributed by atoms with Gasteiger partial charge in [0.05, 0.1) is 12.1 Å². The van der Waals surface area contributed by atoms with E-state index in [-0.39, 0.29) is 6.54 Å². The Kier molecular flexibility index (Phi) is 3.27. The standard InChI is InChI=1S/C9H8ClF3N4O2/c1-16-3-6(18)17(8(16)19)5-2-4(9(11,12)13)7(10)15-14-5/h2,6,18H,3H2,1H3. The van der Waals surface area contributed by atoms with Gasteiger partial charge in [0.25, 0.3) is 0 Å². The van der Waals surface area contributed by atoms with Crippen molar-refractivity contribution >= 4 is 23.4 Å². The number of aliphatic hydroxyl groups excluding tert-OH is 1. The molecule has 0 aromatic carbocycles. The van der Waals surface area contributed by atoms with Crippen LogP contribution in [-0.2, 0) is 6.18 Å². The van der Waals surface area contributed by atoms with Crippen LogP contribution >= 0.6 is 11.6 Å². The third kappa shape index (κ3) is 2.43. The fraction of sp³-hybridized carbons (Fsp3) is 0.444. The maximum absolute atomic E-state index is 12.7. The van der Waals surface area contributed by atoms with Crippen molar-refractivity contribution < 1.29 is 23.1 Å². The number of aliphatic hydroxyl groups is 1. The number of alkyl halides is 3. The molecule has 1 aliphatic rings. The summed E-state index contributed by atoms with van der Waals surface area (Å²) in [4.78, 5) is 13.5. The van der Waals surface area contributed by atoms with Crippen LogP contribution in [0.3, 0.4) is 0 Å². The van der Waals surface area contributed by atoms with Gasteiger partial charge in [-0.05, 0) is 6.07 Å². The number of carbonyl (C=O) groups is 1. The fourth-order valence-corrected chi connectivity index (χ4v) is 1.85. The van der Waals surface area contributed by atoms with E-state index in [0.717, 1.165) is 9.80 Å². The molecule has 2 rings (SSSR count). The van der Waals surface area contributed by atoms with Crippen LogP contribution in [0, 0.1) is 0 Å². The van der Waals surface area contributed by atoms with Crippen molar-refractivity contribution in [2.24, 2.45) is 0 Å². The monoisotopic (exact) mass is 296 g/mol. The number of amides is 2. The third-order valence-corrected chi connectivity index (χ3v) is 2.84. The molecule has 1 atom stereocenters. The second-order valence-electron chi connectivity index (χ2n) is 3.92. The van der Waals surface area contributed by atoms with Gasteiger partial charge in [-0.15, -0.1) is 10.2 Å². The van der Waals surface area contributed by atoms with Gasteiger partial charge >= 0.3 is 12.2 Å². The lowest BCUT2D eigenvalue weighted by Gasteiger charge is -2.18. The first-order valence-electron chi connectivity index (χ1n) is 5.04. The molecule has 0 bridgehead atoms. The summed E-state index contributed by atoms with van der Waals surface area (Å²) in [5, 5.41) is 15.4. The van der Waals surface area contributed by atoms with Crippen molar-refractivity contribution in [2.45, 2.75) is 12.4 Å². The Morgan fingerprint density at radius 3 is 2.58 bits per heavy atom. The zero-order valence-corrected chi connectivity index (χ0v) is 10.3. The molecule has 1 unspecified atom stereocenters. The topological polar surface area (TPSA) is 69.6 Å². The molecule has 104 valence electrons. The van der Waals surface area contributed by atoms with Crippen LogP contribution in [0.4, 0.5) is 23.8 Å². The van der Waals surface area contributed by atoms with Crippen molar-refractivity contribution in [2.75, 3.05) is 18.5 Å². The number of hydrogen-bond donors (Lipinski definition) is 1. The number of hydrogen-bond acceptors (Lipinski definition) is 4. The minimum Gasteiger partial charge on any atom is -0.371 e. The summed E-state index contributed by atoms with van der Waals surface area (Å²) >= 11 is 5.32. The highest BCUT2D eigenvalue weighted by Crippen LogP contribution is 2.35. The molecule has 10 heteroatoms. The number of urea groups is 1. The summed E-state index contributed by atoms with van der Waals surface area (Å²) in [5.74, 6) is -0.404. The number of carbonyl (C=O) groups excluding carboxylic acids is 1. The Balaban J connectivity index is 2.45. The van der Waals surface area contributed by atoms with E-state index in [1.165, 1.54) is 7.05 Å². The Bertz CT molecular complexity index is 525. The number of nitrogens with zero attached hydrogens (tertiary/aromatic N) is 4. The summed E-state index contributed by atoms with van der Waals surface area (Å²) in [6, 6.07) is -0.0902. The van der Waals surface area contributed by atoms with E-state index in [0.29, 0.717) is 6.07 Å². The predicted molar refractivity (Wildman–Crippen MR) is 58.6 cm³/mol. The number of rotatable bonds is 1. The normalized spacial score (nSPS) is 20.3. The Morgan fingerprint density at radius 2 is 2.11 bits per heavy atom. The third-order valence-electron chi connectivity index (χ3n) is 2.56. The van der Waals surface area contributed by atoms with Gasteiger partial charge in [0, 0.05) is 7.05 Å². The van der Waals surface area contributed by atoms with E-state index in [1.807, 2.05) is 0 Å². The summed E-state index contributed by atoms with van der Waals surface area (Å²) in [5.41, 5.74) is -1.21. The highest BCUT2D eigenvalue weighted by Gasteiger charge is 2.39. The van der Waals surface area contributed by atoms with Crippen molar-refractivity contribution in [3.8, 4) is 0 Å². The van der Waals surface area contributed by atoms with Crippen LogP contribution in [0.2, 0.25) is 5.15 Å². The largest absolute Gasteiger partial charge is 0.419 e. The molecule has 2 heterocycles. The van der Waals surface area contributed by atoms with Gasteiger partial charge in [0.15, 0.2) is 17.2 Å². The predicted octanol–water partition coefficient (Wildman–Crippen LogP) is 1.34. The van der Waals surface area contributed by atoms with Gasteiger partial charge < -0.3 is 10.0 Å². The minimum atomic E-state index is -4.72. The van der Waals surface area contributed by atoms with Crippen LogP contribution in [0.15, 0.2) is 6.07 Å². The van der Waals surface area contributed by atoms with Gasteiger partial charge in [-0.3, -0.25) is 0 Å². The number of anilines is 1. The van der Waals surface area contributed by atoms with E-state index >= 15 is 0 Å². The molecule has 0 aliphatic carbocycles. The molecular formula is C9H8ClF3N4O2. The highest BCUT2D eigenvalue weighted by molar-refractivity contribution is 6.30. The minimum absolute atomic E-state index is 0.0372. The first kappa shape index (κ1) is 13.8. The van der Waals surface area contributed by atoms with Crippen LogP contribution in [-0.4, -0.2) is 46.1 Å². The number of halogens is 4. The number of likely N-dealkylation sites (N-methyl/N-ethyl adjacent to an activating group) is 1. The molecule has 1 N–H and O–H groups in total. The van der Waals surface area contributed by atoms with E-state index < -0.39 is 35.0 Å². The first-order valence-corrected chi connectivity index (χ1v) is 5.42. The van der Waals surface area contributed by atoms with E-state index in [1.54, 1.807) is 0 Å². The zero-order valence-electron chi connectivity index (χ0n) is 9.52. The lowest BCUT2D eigenvalue weighted by molar-refractivity contribution is -0.137. The van der Waals surface area contributed by atoms with E-state index in [4.69, 9.17) is 11.6 Å². The van der Waals surface area contributed by atoms with Crippen LogP contribution in [0.25, 0.3) is 0 Å². The van der Waals surface area contributed by atoms with Crippen molar-refractivity contribution in [3.05, 3.63) is 16.8 Å². The zero-order chi connectivity index (χ0) is 14.4. The maximum Gasteiger partial charge on any atom is 0.419 e. The van der Waals surface area contributed by atoms with Gasteiger partial charge in [-0.1, -0.05) is 11.6 Å². The molecule has 1 saturated heterocycles. The van der Waals surface area contributed by atoms with Crippen LogP contribution in [0.1, 0.15) is 5.56 Å². The molecular weight excluding hydrogens is 289 g/mol. The highest BCUT2D eigenvalue weighted by atomic mass is 35.5. The Labute approximate surface area is 110 Å². The molecule has 0 spiro atoms. The molecule has 1 aromatic rings. The van der Waals surface area contributed by atoms with Gasteiger partial charge in [0.2, 0.25) is 0 Å². The van der Waals surface area contributed by atoms with E-state index in [9.17, 15) is 23.1 Å². The summed E-state index contributed by atoms with van der Waals surface area (Å²) < 4.78 is 38.0. The molecule has 2 amide bonds. The molecule has 1 fully saturated rings. The smallest absolute Gasteiger partial charge is 0.371 e. The van der Waals surface area contributed by atoms with Gasteiger partial charge in [-0.25, -0.2) is 9.69 Å². The van der Waals surface area contributed by atoms with E-state index in [2.05, 4.69) is 10.2 Å². The molecule has 0 radical (unpaired) electrons. The molecule has 19 heavy (non-hydrogen) atoms. The lowest BCUT2D eigenvalue weighted by Crippen LogP contribution is -2.35. The second-order valence-corrected chi connectivity index (χ2v) is 4.28. The van der Waals surface area contributed by atoms with Gasteiger partial charge in [-0.2, -0.15) is 13.2 Å². The lowest BCUT2D eigenvalue weighted by atomic mass is 10.3. The van der Waals surface area contributed by atoms with Crippen LogP contribution in [0.5, 0.6) is 0 Å².